The molecule has 11 heavy (non-hydrogen) atoms. The summed E-state index contributed by atoms with van der Waals surface area (Å²) in [5.74, 6) is 1.54. The first-order chi connectivity index (χ1) is 5.38. The minimum Gasteiger partial charge on any atom is -0.303 e. The number of nitrogens with zero attached hydrogens (tertiary/aromatic N) is 1. The van der Waals surface area contributed by atoms with Gasteiger partial charge in [0.15, 0.2) is 0 Å². The Kier molecular flexibility index (Phi) is 2.23. The first kappa shape index (κ1) is 7.69. The summed E-state index contributed by atoms with van der Waals surface area (Å²) in [7, 11) is 0. The molecule has 0 aromatic heterocycles. The minimum absolute atomic E-state index is 0.583. The highest BCUT2D eigenvalue weighted by Crippen LogP contribution is 2.28. The molecule has 3 aliphatic rings. The Morgan fingerprint density at radius 1 is 1.27 bits per heavy atom. The Hall–Kier alpha value is 0.0500. The summed E-state index contributed by atoms with van der Waals surface area (Å²) >= 11 is 4.89. The van der Waals surface area contributed by atoms with Gasteiger partial charge in [-0.3, -0.25) is 0 Å². The van der Waals surface area contributed by atoms with Crippen LogP contribution in [0.2, 0.25) is 0 Å². The second-order valence-corrected chi connectivity index (χ2v) is 4.03. The summed E-state index contributed by atoms with van der Waals surface area (Å²) in [4.78, 5) is 2.54. The smallest absolute Gasteiger partial charge is 0.0338 e. The van der Waals surface area contributed by atoms with Crippen LogP contribution in [0, 0.1) is 11.8 Å². The lowest BCUT2D eigenvalue weighted by Gasteiger charge is -2.26. The van der Waals surface area contributed by atoms with E-state index in [1.807, 2.05) is 0 Å². The number of rotatable bonds is 1. The van der Waals surface area contributed by atoms with E-state index in [0.29, 0.717) is 5.92 Å². The van der Waals surface area contributed by atoms with Gasteiger partial charge in [0.1, 0.15) is 0 Å². The third-order valence-electron chi connectivity index (χ3n) is 2.97. The van der Waals surface area contributed by atoms with Crippen molar-refractivity contribution in [3.8, 4) is 0 Å². The van der Waals surface area contributed by atoms with E-state index in [2.05, 4.69) is 10.3 Å². The monoisotopic (exact) mass is 168 g/mol. The minimum atomic E-state index is 0.583. The van der Waals surface area contributed by atoms with Gasteiger partial charge < -0.3 is 4.90 Å². The van der Waals surface area contributed by atoms with E-state index in [1.54, 1.807) is 0 Å². The maximum atomic E-state index is 4.89. The van der Waals surface area contributed by atoms with E-state index < -0.39 is 0 Å². The average molecular weight is 168 g/mol. The summed E-state index contributed by atoms with van der Waals surface area (Å²) in [6.45, 7) is 3.79. The lowest BCUT2D eigenvalue weighted by molar-refractivity contribution is 0.223. The molecule has 0 aromatic rings. The highest BCUT2D eigenvalue weighted by Gasteiger charge is 2.27. The van der Waals surface area contributed by atoms with E-state index in [1.165, 1.54) is 38.9 Å². The molecule has 0 aromatic carbocycles. The molecule has 3 rings (SSSR count). The zero-order valence-electron chi connectivity index (χ0n) is 6.75. The van der Waals surface area contributed by atoms with Gasteiger partial charge in [-0.2, -0.15) is 0 Å². The lowest BCUT2D eigenvalue weighted by Crippen LogP contribution is -2.31. The molecular weight excluding hydrogens is 154 g/mol. The van der Waals surface area contributed by atoms with Crippen molar-refractivity contribution >= 4 is 17.6 Å². The molecule has 0 N–H and O–H groups in total. The Morgan fingerprint density at radius 2 is 2.00 bits per heavy atom. The first-order valence-corrected chi connectivity index (χ1v) is 4.89. The van der Waals surface area contributed by atoms with Crippen molar-refractivity contribution in [2.24, 2.45) is 11.8 Å². The van der Waals surface area contributed by atoms with Crippen molar-refractivity contribution in [3.63, 3.8) is 0 Å². The molecular formula is C9H14NS. The number of hydrogen-bond donors (Lipinski definition) is 0. The van der Waals surface area contributed by atoms with Gasteiger partial charge in [-0.15, -0.1) is 0 Å². The topological polar surface area (TPSA) is 3.24 Å². The van der Waals surface area contributed by atoms with Crippen molar-refractivity contribution in [2.75, 3.05) is 19.6 Å². The molecule has 1 atom stereocenters. The summed E-state index contributed by atoms with van der Waals surface area (Å²) in [6, 6.07) is 0. The summed E-state index contributed by atoms with van der Waals surface area (Å²) in [6.07, 6.45) is 4.10. The normalized spacial score (nSPS) is 43.5. The number of fused-ring (bicyclic) bond motifs is 4. The fourth-order valence-electron chi connectivity index (χ4n) is 2.28. The quantitative estimate of drug-likeness (QED) is 0.547. The molecule has 3 heterocycles. The van der Waals surface area contributed by atoms with Crippen molar-refractivity contribution in [1.82, 2.24) is 4.90 Å². The van der Waals surface area contributed by atoms with Crippen LogP contribution >= 0.6 is 12.2 Å². The van der Waals surface area contributed by atoms with Gasteiger partial charge in [0.05, 0.1) is 0 Å². The fraction of sp³-hybridized carbons (Fsp3) is 0.889. The molecule has 1 nitrogen and oxygen atoms in total. The van der Waals surface area contributed by atoms with Crippen LogP contribution in [0.15, 0.2) is 0 Å². The fourth-order valence-corrected chi connectivity index (χ4v) is 2.45. The van der Waals surface area contributed by atoms with E-state index in [0.717, 1.165) is 5.92 Å². The molecule has 0 amide bonds. The van der Waals surface area contributed by atoms with Gasteiger partial charge >= 0.3 is 0 Å². The van der Waals surface area contributed by atoms with Gasteiger partial charge in [-0.05, 0) is 38.3 Å². The predicted molar refractivity (Wildman–Crippen MR) is 49.9 cm³/mol. The van der Waals surface area contributed by atoms with Crippen LogP contribution in [0.1, 0.15) is 19.3 Å². The van der Waals surface area contributed by atoms with E-state index in [4.69, 9.17) is 12.2 Å². The molecule has 3 aliphatic heterocycles. The maximum absolute atomic E-state index is 4.89. The largest absolute Gasteiger partial charge is 0.303 e. The van der Waals surface area contributed by atoms with Crippen molar-refractivity contribution < 1.29 is 0 Å². The Balaban J connectivity index is 2.05. The van der Waals surface area contributed by atoms with Gasteiger partial charge in [0, 0.05) is 17.8 Å². The van der Waals surface area contributed by atoms with Crippen LogP contribution in [0.25, 0.3) is 0 Å². The van der Waals surface area contributed by atoms with E-state index in [-0.39, 0.29) is 0 Å². The number of piperidine rings is 1. The first-order valence-electron chi connectivity index (χ1n) is 4.48. The summed E-state index contributed by atoms with van der Waals surface area (Å²) in [5, 5.41) is 2.99. The molecule has 0 spiro atoms. The third-order valence-corrected chi connectivity index (χ3v) is 3.30. The molecule has 2 heteroatoms. The Bertz CT molecular complexity index is 136. The van der Waals surface area contributed by atoms with Gasteiger partial charge in [0.25, 0.3) is 0 Å². The number of hydrogen-bond acceptors (Lipinski definition) is 2. The zero-order chi connectivity index (χ0) is 7.68. The standard InChI is InChI=1S/C9H14NS/c11-7-9-5-8-1-3-10(6-9)4-2-8/h8-9H,1-6H2. The van der Waals surface area contributed by atoms with Gasteiger partial charge in [0.2, 0.25) is 0 Å². The summed E-state index contributed by atoms with van der Waals surface area (Å²) < 4.78 is 0. The van der Waals surface area contributed by atoms with Crippen LogP contribution in [0.5, 0.6) is 0 Å². The molecule has 1 radical (unpaired) electrons. The summed E-state index contributed by atoms with van der Waals surface area (Å²) in [5.41, 5.74) is 0. The Labute approximate surface area is 73.8 Å². The highest BCUT2D eigenvalue weighted by atomic mass is 32.1. The molecule has 3 saturated heterocycles. The SMILES string of the molecule is S=[C]C1CC2CCN(CC2)C1. The lowest BCUT2D eigenvalue weighted by atomic mass is 9.92. The van der Waals surface area contributed by atoms with Gasteiger partial charge in [-0.25, -0.2) is 0 Å². The molecule has 61 valence electrons. The second kappa shape index (κ2) is 3.20. The second-order valence-electron chi connectivity index (χ2n) is 3.79. The molecule has 0 aliphatic carbocycles. The van der Waals surface area contributed by atoms with Crippen LogP contribution in [-0.2, 0) is 0 Å². The van der Waals surface area contributed by atoms with Crippen molar-refractivity contribution in [1.29, 1.82) is 0 Å². The van der Waals surface area contributed by atoms with Crippen LogP contribution in [0.3, 0.4) is 0 Å². The third kappa shape index (κ3) is 1.62. The Morgan fingerprint density at radius 3 is 2.64 bits per heavy atom. The van der Waals surface area contributed by atoms with E-state index >= 15 is 0 Å². The van der Waals surface area contributed by atoms with Crippen LogP contribution in [0.4, 0.5) is 0 Å². The van der Waals surface area contributed by atoms with Gasteiger partial charge in [-0.1, -0.05) is 12.2 Å². The average Bonchev–Trinajstić information content (AvgIpc) is 2.35. The molecule has 3 fully saturated rings. The molecule has 2 bridgehead atoms. The van der Waals surface area contributed by atoms with Crippen LogP contribution in [-0.4, -0.2) is 29.9 Å². The molecule has 1 unspecified atom stereocenters. The van der Waals surface area contributed by atoms with Crippen molar-refractivity contribution in [2.45, 2.75) is 19.3 Å². The highest BCUT2D eigenvalue weighted by molar-refractivity contribution is 7.79. The van der Waals surface area contributed by atoms with Crippen LogP contribution < -0.4 is 0 Å². The number of thiocarbonyl (C=S) groups is 1. The zero-order valence-corrected chi connectivity index (χ0v) is 7.57. The molecule has 0 saturated carbocycles. The van der Waals surface area contributed by atoms with Crippen molar-refractivity contribution in [3.05, 3.63) is 0 Å². The predicted octanol–water partition coefficient (Wildman–Crippen LogP) is 1.59. The van der Waals surface area contributed by atoms with E-state index in [9.17, 15) is 0 Å². The maximum Gasteiger partial charge on any atom is 0.0338 e.